The van der Waals surface area contributed by atoms with Gasteiger partial charge in [0, 0.05) is 12.2 Å². The smallest absolute Gasteiger partial charge is 0.238 e. The number of aryl methyl sites for hydroxylation is 1. The van der Waals surface area contributed by atoms with Crippen LogP contribution in [0.2, 0.25) is 0 Å². The van der Waals surface area contributed by atoms with Crippen LogP contribution in [0, 0.1) is 6.92 Å². The molecule has 2 rings (SSSR count). The van der Waals surface area contributed by atoms with Crippen molar-refractivity contribution in [3.05, 3.63) is 47.8 Å². The van der Waals surface area contributed by atoms with Crippen molar-refractivity contribution in [3.63, 3.8) is 0 Å². The van der Waals surface area contributed by atoms with Crippen molar-refractivity contribution in [2.45, 2.75) is 18.4 Å². The molecule has 0 radical (unpaired) electrons. The number of benzene rings is 1. The molecule has 1 aromatic heterocycles. The first-order valence-electron chi connectivity index (χ1n) is 6.26. The van der Waals surface area contributed by atoms with Crippen LogP contribution in [0.5, 0.6) is 5.75 Å². The molecule has 2 aromatic rings. The molecular formula is C14H17N3O3S. The number of rotatable bonds is 5. The Labute approximate surface area is 124 Å². The molecule has 112 valence electrons. The molecule has 0 unspecified atom stereocenters. The van der Waals surface area contributed by atoms with Crippen molar-refractivity contribution in [2.75, 3.05) is 12.4 Å². The quantitative estimate of drug-likeness (QED) is 0.876. The Morgan fingerprint density at radius 1 is 1.29 bits per heavy atom. The van der Waals surface area contributed by atoms with Crippen LogP contribution in [-0.2, 0) is 16.6 Å². The van der Waals surface area contributed by atoms with Gasteiger partial charge in [0.05, 0.1) is 23.9 Å². The molecule has 6 nitrogen and oxygen atoms in total. The summed E-state index contributed by atoms with van der Waals surface area (Å²) in [4.78, 5) is 4.26. The maximum absolute atomic E-state index is 11.2. The lowest BCUT2D eigenvalue weighted by Crippen LogP contribution is -2.12. The Morgan fingerprint density at radius 2 is 1.95 bits per heavy atom. The standard InChI is InChI=1S/C14H17N3O3S/c1-10-7-13(14(20-2)9-16-10)17-8-11-3-5-12(6-4-11)21(15,18)19/h3-7,9H,8H2,1-2H3,(H,16,17)(H2,15,18,19). The largest absolute Gasteiger partial charge is 0.493 e. The number of sulfonamides is 1. The second-order valence-corrected chi connectivity index (χ2v) is 6.13. The fourth-order valence-corrected chi connectivity index (χ4v) is 2.36. The molecule has 7 heteroatoms. The van der Waals surface area contributed by atoms with E-state index in [0.717, 1.165) is 16.9 Å². The van der Waals surface area contributed by atoms with Crippen LogP contribution in [0.1, 0.15) is 11.3 Å². The highest BCUT2D eigenvalue weighted by molar-refractivity contribution is 7.89. The maximum atomic E-state index is 11.2. The first kappa shape index (κ1) is 15.3. The third kappa shape index (κ3) is 3.93. The van der Waals surface area contributed by atoms with Gasteiger partial charge in [0.25, 0.3) is 0 Å². The summed E-state index contributed by atoms with van der Waals surface area (Å²) in [6.07, 6.45) is 1.65. The predicted molar refractivity (Wildman–Crippen MR) is 80.7 cm³/mol. The molecule has 3 N–H and O–H groups in total. The Hall–Kier alpha value is -2.12. The third-order valence-corrected chi connectivity index (χ3v) is 3.89. The van der Waals surface area contributed by atoms with Gasteiger partial charge in [-0.2, -0.15) is 0 Å². The Morgan fingerprint density at radius 3 is 2.52 bits per heavy atom. The molecule has 21 heavy (non-hydrogen) atoms. The minimum absolute atomic E-state index is 0.101. The summed E-state index contributed by atoms with van der Waals surface area (Å²) in [5, 5.41) is 8.29. The number of pyridine rings is 1. The number of hydrogen-bond donors (Lipinski definition) is 2. The molecule has 0 aliphatic rings. The molecule has 0 aliphatic carbocycles. The van der Waals surface area contributed by atoms with Gasteiger partial charge in [-0.05, 0) is 30.7 Å². The Kier molecular flexibility index (Phi) is 4.44. The van der Waals surface area contributed by atoms with Crippen LogP contribution >= 0.6 is 0 Å². The number of ether oxygens (including phenoxy) is 1. The Balaban J connectivity index is 2.12. The summed E-state index contributed by atoms with van der Waals surface area (Å²) in [5.74, 6) is 0.654. The average Bonchev–Trinajstić information content (AvgIpc) is 2.45. The van der Waals surface area contributed by atoms with Crippen molar-refractivity contribution >= 4 is 15.7 Å². The van der Waals surface area contributed by atoms with Crippen LogP contribution in [0.4, 0.5) is 5.69 Å². The highest BCUT2D eigenvalue weighted by atomic mass is 32.2. The predicted octanol–water partition coefficient (Wildman–Crippen LogP) is 1.66. The lowest BCUT2D eigenvalue weighted by Gasteiger charge is -2.11. The second kappa shape index (κ2) is 6.11. The van der Waals surface area contributed by atoms with Crippen LogP contribution in [0.15, 0.2) is 41.4 Å². The summed E-state index contributed by atoms with van der Waals surface area (Å²) in [6, 6.07) is 8.29. The van der Waals surface area contributed by atoms with E-state index >= 15 is 0 Å². The fourth-order valence-electron chi connectivity index (χ4n) is 1.84. The van der Waals surface area contributed by atoms with Crippen molar-refractivity contribution in [1.82, 2.24) is 4.98 Å². The van der Waals surface area contributed by atoms with Crippen LogP contribution in [-0.4, -0.2) is 20.5 Å². The normalized spacial score (nSPS) is 11.2. The SMILES string of the molecule is COc1cnc(C)cc1NCc1ccc(S(N)(=O)=O)cc1. The minimum atomic E-state index is -3.65. The van der Waals surface area contributed by atoms with E-state index in [1.165, 1.54) is 12.1 Å². The summed E-state index contributed by atoms with van der Waals surface area (Å²) in [5.41, 5.74) is 2.64. The van der Waals surface area contributed by atoms with E-state index in [9.17, 15) is 8.42 Å². The van der Waals surface area contributed by atoms with Gasteiger partial charge in [-0.3, -0.25) is 4.98 Å². The molecule has 0 saturated heterocycles. The molecule has 0 spiro atoms. The molecular weight excluding hydrogens is 290 g/mol. The summed E-state index contributed by atoms with van der Waals surface area (Å²) in [6.45, 7) is 2.43. The second-order valence-electron chi connectivity index (χ2n) is 4.57. The van der Waals surface area contributed by atoms with Gasteiger partial charge in [0.1, 0.15) is 0 Å². The van der Waals surface area contributed by atoms with E-state index in [1.807, 2.05) is 13.0 Å². The minimum Gasteiger partial charge on any atom is -0.493 e. The summed E-state index contributed by atoms with van der Waals surface area (Å²) in [7, 11) is -2.07. The van der Waals surface area contributed by atoms with E-state index in [2.05, 4.69) is 10.3 Å². The van der Waals surface area contributed by atoms with Gasteiger partial charge < -0.3 is 10.1 Å². The number of primary sulfonamides is 1. The first-order chi connectivity index (χ1) is 9.90. The first-order valence-corrected chi connectivity index (χ1v) is 7.81. The van der Waals surface area contributed by atoms with Gasteiger partial charge in [0.2, 0.25) is 10.0 Å². The lowest BCUT2D eigenvalue weighted by molar-refractivity contribution is 0.414. The monoisotopic (exact) mass is 307 g/mol. The van der Waals surface area contributed by atoms with Crippen LogP contribution in [0.3, 0.4) is 0 Å². The van der Waals surface area contributed by atoms with Gasteiger partial charge in [-0.15, -0.1) is 0 Å². The fraction of sp³-hybridized carbons (Fsp3) is 0.214. The topological polar surface area (TPSA) is 94.3 Å². The van der Waals surface area contributed by atoms with E-state index in [1.54, 1.807) is 25.4 Å². The number of nitrogens with zero attached hydrogens (tertiary/aromatic N) is 1. The van der Waals surface area contributed by atoms with E-state index in [-0.39, 0.29) is 4.90 Å². The number of hydrogen-bond acceptors (Lipinski definition) is 5. The Bertz CT molecular complexity index is 728. The molecule has 0 saturated carbocycles. The van der Waals surface area contributed by atoms with Crippen LogP contribution < -0.4 is 15.2 Å². The molecule has 0 amide bonds. The number of nitrogens with one attached hydrogen (secondary N) is 1. The maximum Gasteiger partial charge on any atom is 0.238 e. The molecule has 0 aliphatic heterocycles. The van der Waals surface area contributed by atoms with Gasteiger partial charge >= 0.3 is 0 Å². The number of aromatic nitrogens is 1. The van der Waals surface area contributed by atoms with Crippen molar-refractivity contribution in [2.24, 2.45) is 5.14 Å². The lowest BCUT2D eigenvalue weighted by atomic mass is 10.2. The number of methoxy groups -OCH3 is 1. The summed E-state index contributed by atoms with van der Waals surface area (Å²) < 4.78 is 27.6. The molecule has 1 aromatic carbocycles. The van der Waals surface area contributed by atoms with Crippen molar-refractivity contribution < 1.29 is 13.2 Å². The molecule has 0 fully saturated rings. The van der Waals surface area contributed by atoms with E-state index < -0.39 is 10.0 Å². The highest BCUT2D eigenvalue weighted by Gasteiger charge is 2.07. The van der Waals surface area contributed by atoms with Crippen molar-refractivity contribution in [1.29, 1.82) is 0 Å². The zero-order valence-corrected chi connectivity index (χ0v) is 12.6. The van der Waals surface area contributed by atoms with Gasteiger partial charge in [0.15, 0.2) is 5.75 Å². The average molecular weight is 307 g/mol. The van der Waals surface area contributed by atoms with Crippen molar-refractivity contribution in [3.8, 4) is 5.75 Å². The van der Waals surface area contributed by atoms with Crippen LogP contribution in [0.25, 0.3) is 0 Å². The summed E-state index contributed by atoms with van der Waals surface area (Å²) >= 11 is 0. The molecule has 0 bridgehead atoms. The highest BCUT2D eigenvalue weighted by Crippen LogP contribution is 2.24. The zero-order chi connectivity index (χ0) is 15.5. The number of nitrogens with two attached hydrogens (primary N) is 1. The molecule has 0 atom stereocenters. The van der Waals surface area contributed by atoms with Gasteiger partial charge in [-0.1, -0.05) is 12.1 Å². The number of anilines is 1. The van der Waals surface area contributed by atoms with Gasteiger partial charge in [-0.25, -0.2) is 13.6 Å². The van der Waals surface area contributed by atoms with E-state index in [0.29, 0.717) is 12.3 Å². The van der Waals surface area contributed by atoms with E-state index in [4.69, 9.17) is 9.88 Å². The molecule has 1 heterocycles. The third-order valence-electron chi connectivity index (χ3n) is 2.96. The zero-order valence-electron chi connectivity index (χ0n) is 11.8.